The van der Waals surface area contributed by atoms with Crippen LogP contribution >= 0.6 is 0 Å². The van der Waals surface area contributed by atoms with Crippen LogP contribution in [0, 0.1) is 27.1 Å². The smallest absolute Gasteiger partial charge is 0.292 e. The minimum atomic E-state index is -1.00. The molecule has 2 spiro atoms. The second-order valence-corrected chi connectivity index (χ2v) is 20.1. The van der Waals surface area contributed by atoms with Gasteiger partial charge >= 0.3 is 0 Å². The van der Waals surface area contributed by atoms with Gasteiger partial charge in [-0.3, -0.25) is 33.7 Å². The Balaban J connectivity index is 1.41. The summed E-state index contributed by atoms with van der Waals surface area (Å²) in [6, 6.07) is -3.89. The van der Waals surface area contributed by atoms with Crippen LogP contribution in [0.4, 0.5) is 0 Å². The van der Waals surface area contributed by atoms with Gasteiger partial charge < -0.3 is 25.8 Å². The van der Waals surface area contributed by atoms with Crippen molar-refractivity contribution in [2.75, 3.05) is 26.2 Å². The van der Waals surface area contributed by atoms with E-state index in [-0.39, 0.29) is 40.1 Å². The molecule has 5 fully saturated rings. The number of carbonyl (C=O) groups excluding carboxylic acids is 6. The maximum Gasteiger partial charge on any atom is 0.292 e. The molecule has 12 nitrogen and oxygen atoms in total. The van der Waals surface area contributed by atoms with E-state index in [1.807, 2.05) is 48.5 Å². The molecule has 3 aliphatic heterocycles. The van der Waals surface area contributed by atoms with Crippen molar-refractivity contribution < 1.29 is 28.8 Å². The first-order valence-electron chi connectivity index (χ1n) is 20.8. The number of nitrogens with one attached hydrogen (secondary N) is 3. The zero-order chi connectivity index (χ0) is 40.2. The van der Waals surface area contributed by atoms with Crippen molar-refractivity contribution in [3.8, 4) is 0 Å². The molecule has 0 aromatic heterocycles. The summed E-state index contributed by atoms with van der Waals surface area (Å²) in [4.78, 5) is 89.5. The Labute approximate surface area is 324 Å². The lowest BCUT2D eigenvalue weighted by Crippen LogP contribution is -2.64. The van der Waals surface area contributed by atoms with Gasteiger partial charge in [-0.05, 0) is 87.0 Å². The number of nitrogens with zero attached hydrogens (tertiary/aromatic N) is 3. The molecule has 54 heavy (non-hydrogen) atoms. The van der Waals surface area contributed by atoms with Crippen LogP contribution in [0.1, 0.15) is 140 Å². The number of carbonyl (C=O) groups is 6. The van der Waals surface area contributed by atoms with Crippen LogP contribution in [0.5, 0.6) is 0 Å². The third kappa shape index (κ3) is 7.34. The third-order valence-corrected chi connectivity index (χ3v) is 14.3. The van der Waals surface area contributed by atoms with E-state index in [0.717, 1.165) is 51.5 Å². The average molecular weight is 755 g/mol. The molecule has 3 heterocycles. The van der Waals surface area contributed by atoms with E-state index < -0.39 is 58.5 Å². The molecule has 12 heteroatoms. The predicted octanol–water partition coefficient (Wildman–Crippen LogP) is 4.19. The highest BCUT2D eigenvalue weighted by molar-refractivity contribution is 6.38. The maximum absolute atomic E-state index is 15.0. The van der Waals surface area contributed by atoms with Crippen molar-refractivity contribution >= 4 is 35.3 Å². The van der Waals surface area contributed by atoms with E-state index in [1.54, 1.807) is 4.90 Å². The molecule has 5 rings (SSSR count). The van der Waals surface area contributed by atoms with Crippen LogP contribution in [0.3, 0.4) is 0 Å². The monoisotopic (exact) mass is 755 g/mol. The van der Waals surface area contributed by atoms with Gasteiger partial charge in [0.1, 0.15) is 18.1 Å². The van der Waals surface area contributed by atoms with Crippen molar-refractivity contribution in [3.05, 3.63) is 0 Å². The number of ketones is 1. The highest BCUT2D eigenvalue weighted by atomic mass is 16.2. The second-order valence-electron chi connectivity index (χ2n) is 20.1. The molecular formula is C42H70N6O6. The quantitative estimate of drug-likeness (QED) is 0.253. The summed E-state index contributed by atoms with van der Waals surface area (Å²) in [5.74, 6) is -2.58. The molecule has 0 unspecified atom stereocenters. The zero-order valence-electron chi connectivity index (χ0n) is 35.2. The Hall–Kier alpha value is -3.02. The fourth-order valence-electron chi connectivity index (χ4n) is 10.5. The fourth-order valence-corrected chi connectivity index (χ4v) is 10.5. The van der Waals surface area contributed by atoms with Crippen molar-refractivity contribution in [2.24, 2.45) is 27.1 Å². The summed E-state index contributed by atoms with van der Waals surface area (Å²) in [6.07, 6.45) is 8.12. The molecule has 3 N–H and O–H groups in total. The zero-order valence-corrected chi connectivity index (χ0v) is 35.2. The molecule has 5 aliphatic rings. The van der Waals surface area contributed by atoms with E-state index >= 15 is 4.79 Å². The number of Topliss-reactive ketones (excluding diaryl/α,β-unsaturated/α-hetero) is 1. The van der Waals surface area contributed by atoms with E-state index in [9.17, 15) is 24.0 Å². The van der Waals surface area contributed by atoms with Crippen molar-refractivity contribution in [2.45, 2.75) is 177 Å². The molecule has 0 bridgehead atoms. The summed E-state index contributed by atoms with van der Waals surface area (Å²) < 4.78 is 0. The highest BCUT2D eigenvalue weighted by Gasteiger charge is 2.85. The van der Waals surface area contributed by atoms with Gasteiger partial charge in [0, 0.05) is 31.1 Å². The normalized spacial score (nSPS) is 27.8. The van der Waals surface area contributed by atoms with Gasteiger partial charge in [-0.1, -0.05) is 81.6 Å². The molecule has 304 valence electrons. The first-order valence-corrected chi connectivity index (χ1v) is 20.8. The van der Waals surface area contributed by atoms with Crippen LogP contribution in [-0.2, 0) is 28.8 Å². The molecule has 0 radical (unpaired) electrons. The van der Waals surface area contributed by atoms with Crippen LogP contribution in [0.25, 0.3) is 0 Å². The van der Waals surface area contributed by atoms with Gasteiger partial charge in [0.25, 0.3) is 5.91 Å². The Morgan fingerprint density at radius 3 is 1.83 bits per heavy atom. The summed E-state index contributed by atoms with van der Waals surface area (Å²) in [5.41, 5.74) is -1.74. The van der Waals surface area contributed by atoms with Gasteiger partial charge in [-0.25, -0.2) is 0 Å². The molecule has 0 aromatic rings. The highest BCUT2D eigenvalue weighted by Crippen LogP contribution is 2.88. The topological polar surface area (TPSA) is 148 Å². The predicted molar refractivity (Wildman–Crippen MR) is 208 cm³/mol. The minimum Gasteiger partial charge on any atom is -0.344 e. The van der Waals surface area contributed by atoms with E-state index in [4.69, 9.17) is 0 Å². The van der Waals surface area contributed by atoms with Gasteiger partial charge in [-0.2, -0.15) is 0 Å². The number of amides is 5. The number of hydrogen-bond donors (Lipinski definition) is 3. The van der Waals surface area contributed by atoms with Crippen molar-refractivity contribution in [1.29, 1.82) is 0 Å². The first kappa shape index (κ1) is 42.1. The average Bonchev–Trinajstić information content (AvgIpc) is 3.25. The molecule has 2 aliphatic carbocycles. The molecule has 5 amide bonds. The Morgan fingerprint density at radius 1 is 0.741 bits per heavy atom. The molecule has 0 aromatic carbocycles. The molecule has 2 saturated carbocycles. The van der Waals surface area contributed by atoms with Gasteiger partial charge in [-0.15, -0.1) is 0 Å². The van der Waals surface area contributed by atoms with E-state index in [0.29, 0.717) is 38.9 Å². The summed E-state index contributed by atoms with van der Waals surface area (Å²) in [7, 11) is 0. The van der Waals surface area contributed by atoms with E-state index in [1.165, 1.54) is 4.90 Å². The fraction of sp³-hybridized carbons (Fsp3) is 0.857. The lowest BCUT2D eigenvalue weighted by atomic mass is 9.73. The number of piperidine rings is 1. The maximum atomic E-state index is 15.0. The van der Waals surface area contributed by atoms with Crippen LogP contribution < -0.4 is 16.0 Å². The summed E-state index contributed by atoms with van der Waals surface area (Å²) in [5, 5.41) is 9.11. The second kappa shape index (κ2) is 15.1. The van der Waals surface area contributed by atoms with Gasteiger partial charge in [0.05, 0.1) is 12.1 Å². The van der Waals surface area contributed by atoms with Crippen LogP contribution in [0.15, 0.2) is 0 Å². The Kier molecular flexibility index (Phi) is 11.8. The SMILES string of the molecule is CCC[C@H](NC(=O)[C@@H]1C[C@@]2(CN1C(=O)[C@@H](NC(=O)[C@@H](NC(=O)[C@@H]1CCCCN1C(C)C)C(C)(C)C)C(C)(C)C)C(C)(C)C21CCC1)C(=O)C(=O)N1CCC1. The molecule has 3 saturated heterocycles. The largest absolute Gasteiger partial charge is 0.344 e. The summed E-state index contributed by atoms with van der Waals surface area (Å²) >= 11 is 0. The molecular weight excluding hydrogens is 684 g/mol. The number of hydrogen-bond acceptors (Lipinski definition) is 7. The molecule has 6 atom stereocenters. The lowest BCUT2D eigenvalue weighted by molar-refractivity contribution is -0.149. The van der Waals surface area contributed by atoms with Gasteiger partial charge in [0.2, 0.25) is 29.4 Å². The van der Waals surface area contributed by atoms with Crippen molar-refractivity contribution in [3.63, 3.8) is 0 Å². The van der Waals surface area contributed by atoms with E-state index in [2.05, 4.69) is 48.5 Å². The summed E-state index contributed by atoms with van der Waals surface area (Å²) in [6.45, 7) is 24.3. The van der Waals surface area contributed by atoms with Gasteiger partial charge in [0.15, 0.2) is 0 Å². The first-order chi connectivity index (χ1) is 25.0. The van der Waals surface area contributed by atoms with Crippen LogP contribution in [0.2, 0.25) is 0 Å². The lowest BCUT2D eigenvalue weighted by Gasteiger charge is -2.40. The standard InChI is InChI=1S/C42H70N6O6/c1-12-17-27(30(49)36(53)46-21-16-22-46)43-34(51)29-24-42(40(10,11)41(42)19-15-20-41)25-48(29)37(54)32(39(7,8)9)45-35(52)31(38(4,5)6)44-33(50)28-18-13-14-23-47(28)26(2)3/h26-29,31-32H,12-25H2,1-11H3,(H,43,51)(H,44,50)(H,45,52)/t27-,28-,29-,31+,32+,42+/m0/s1. The third-order valence-electron chi connectivity index (χ3n) is 14.3. The number of fused-ring (bicyclic) bond motifs is 1. The Bertz CT molecular complexity index is 1490. The minimum absolute atomic E-state index is 0.0325. The van der Waals surface area contributed by atoms with Crippen LogP contribution in [-0.4, -0.2) is 112 Å². The number of likely N-dealkylation sites (tertiary alicyclic amines) is 3. The number of rotatable bonds is 12. The Morgan fingerprint density at radius 2 is 1.35 bits per heavy atom. The van der Waals surface area contributed by atoms with Crippen molar-refractivity contribution in [1.82, 2.24) is 30.7 Å².